The van der Waals surface area contributed by atoms with Crippen LogP contribution in [0.25, 0.3) is 22.6 Å². The van der Waals surface area contributed by atoms with Crippen LogP contribution in [-0.2, 0) is 16.7 Å². The lowest BCUT2D eigenvalue weighted by molar-refractivity contribution is 0.183. The van der Waals surface area contributed by atoms with Crippen molar-refractivity contribution in [3.05, 3.63) is 65.9 Å². The zero-order valence-electron chi connectivity index (χ0n) is 19.2. The van der Waals surface area contributed by atoms with Gasteiger partial charge in [-0.2, -0.15) is 10.1 Å². The van der Waals surface area contributed by atoms with Crippen LogP contribution in [0.4, 0.5) is 5.82 Å². The van der Waals surface area contributed by atoms with E-state index in [9.17, 15) is 0 Å². The molecule has 8 nitrogen and oxygen atoms in total. The molecule has 0 spiro atoms. The maximum Gasteiger partial charge on any atom is 0.261 e. The second-order valence-corrected chi connectivity index (χ2v) is 8.89. The van der Waals surface area contributed by atoms with E-state index in [4.69, 9.17) is 20.0 Å². The van der Waals surface area contributed by atoms with Gasteiger partial charge in [0.15, 0.2) is 5.82 Å². The van der Waals surface area contributed by atoms with Crippen LogP contribution in [0.15, 0.2) is 53.4 Å². The highest BCUT2D eigenvalue weighted by Gasteiger charge is 2.47. The topological polar surface area (TPSA) is 105 Å². The predicted molar refractivity (Wildman–Crippen MR) is 125 cm³/mol. The summed E-state index contributed by atoms with van der Waals surface area (Å²) in [7, 11) is 1.67. The van der Waals surface area contributed by atoms with E-state index >= 15 is 0 Å². The Kier molecular flexibility index (Phi) is 5.46. The SMILES string of the molecule is COCCn1cc(-c2nc(C(C)(c3ccc(-c4cnc(N)c(C)c4)cc3)C3CC3)no2)cn1. The minimum Gasteiger partial charge on any atom is -0.383 e. The molecule has 0 amide bonds. The zero-order chi connectivity index (χ0) is 23.0. The van der Waals surface area contributed by atoms with Crippen LogP contribution >= 0.6 is 0 Å². The number of methoxy groups -OCH3 is 1. The summed E-state index contributed by atoms with van der Waals surface area (Å²) in [6, 6.07) is 10.7. The first-order valence-electron chi connectivity index (χ1n) is 11.2. The maximum absolute atomic E-state index is 5.87. The van der Waals surface area contributed by atoms with E-state index in [1.165, 1.54) is 5.56 Å². The highest BCUT2D eigenvalue weighted by atomic mass is 16.5. The fourth-order valence-corrected chi connectivity index (χ4v) is 4.29. The number of pyridine rings is 1. The van der Waals surface area contributed by atoms with Crippen molar-refractivity contribution < 1.29 is 9.26 Å². The van der Waals surface area contributed by atoms with Gasteiger partial charge in [0.2, 0.25) is 0 Å². The second kappa shape index (κ2) is 8.44. The number of hydrogen-bond donors (Lipinski definition) is 1. The molecule has 1 saturated carbocycles. The van der Waals surface area contributed by atoms with E-state index in [0.717, 1.165) is 35.1 Å². The van der Waals surface area contributed by atoms with Gasteiger partial charge in [0, 0.05) is 25.1 Å². The Hall–Kier alpha value is -3.52. The summed E-state index contributed by atoms with van der Waals surface area (Å²) in [5.41, 5.74) is 10.7. The minimum atomic E-state index is -0.318. The summed E-state index contributed by atoms with van der Waals surface area (Å²) in [6.45, 7) is 5.45. The van der Waals surface area contributed by atoms with Gasteiger partial charge in [-0.1, -0.05) is 29.4 Å². The molecule has 3 heterocycles. The fourth-order valence-electron chi connectivity index (χ4n) is 4.29. The monoisotopic (exact) mass is 444 g/mol. The van der Waals surface area contributed by atoms with Crippen molar-refractivity contribution in [2.24, 2.45) is 5.92 Å². The summed E-state index contributed by atoms with van der Waals surface area (Å²) >= 11 is 0. The molecule has 4 aromatic rings. The lowest BCUT2D eigenvalue weighted by Gasteiger charge is -2.27. The summed E-state index contributed by atoms with van der Waals surface area (Å²) in [5, 5.41) is 8.76. The van der Waals surface area contributed by atoms with Crippen molar-refractivity contribution in [2.75, 3.05) is 19.5 Å². The van der Waals surface area contributed by atoms with Crippen LogP contribution < -0.4 is 5.73 Å². The van der Waals surface area contributed by atoms with Crippen LogP contribution in [0, 0.1) is 12.8 Å². The van der Waals surface area contributed by atoms with Gasteiger partial charge in [-0.3, -0.25) is 4.68 Å². The summed E-state index contributed by atoms with van der Waals surface area (Å²) < 4.78 is 12.6. The van der Waals surface area contributed by atoms with Crippen molar-refractivity contribution in [2.45, 2.75) is 38.6 Å². The van der Waals surface area contributed by atoms with Crippen LogP contribution in [0.1, 0.15) is 36.7 Å². The minimum absolute atomic E-state index is 0.318. The number of nitrogen functional groups attached to an aromatic ring is 1. The van der Waals surface area contributed by atoms with Crippen LogP contribution in [0.3, 0.4) is 0 Å². The molecule has 3 aromatic heterocycles. The average molecular weight is 445 g/mol. The smallest absolute Gasteiger partial charge is 0.261 e. The first-order valence-corrected chi connectivity index (χ1v) is 11.2. The van der Waals surface area contributed by atoms with Gasteiger partial charge in [-0.25, -0.2) is 4.98 Å². The Morgan fingerprint density at radius 1 is 1.15 bits per heavy atom. The fraction of sp³-hybridized carbons (Fsp3) is 0.360. The molecule has 0 saturated heterocycles. The van der Waals surface area contributed by atoms with Gasteiger partial charge in [0.25, 0.3) is 5.89 Å². The summed E-state index contributed by atoms with van der Waals surface area (Å²) in [4.78, 5) is 9.09. The Morgan fingerprint density at radius 2 is 1.94 bits per heavy atom. The predicted octanol–water partition coefficient (Wildman–Crippen LogP) is 4.25. The van der Waals surface area contributed by atoms with Crippen molar-refractivity contribution in [1.29, 1.82) is 0 Å². The largest absolute Gasteiger partial charge is 0.383 e. The molecule has 33 heavy (non-hydrogen) atoms. The first-order chi connectivity index (χ1) is 16.0. The Labute approximate surface area is 192 Å². The molecule has 170 valence electrons. The molecule has 1 atom stereocenters. The normalized spacial score (nSPS) is 15.5. The molecular weight excluding hydrogens is 416 g/mol. The Bertz CT molecular complexity index is 1260. The number of hydrogen-bond acceptors (Lipinski definition) is 7. The van der Waals surface area contributed by atoms with E-state index < -0.39 is 0 Å². The van der Waals surface area contributed by atoms with Crippen LogP contribution in [-0.4, -0.2) is 38.6 Å². The number of anilines is 1. The molecule has 2 N–H and O–H groups in total. The van der Waals surface area contributed by atoms with E-state index in [0.29, 0.717) is 36.6 Å². The number of aromatic nitrogens is 5. The maximum atomic E-state index is 5.87. The Morgan fingerprint density at radius 3 is 2.64 bits per heavy atom. The third kappa shape index (κ3) is 4.02. The molecule has 0 radical (unpaired) electrons. The third-order valence-corrected chi connectivity index (χ3v) is 6.63. The summed E-state index contributed by atoms with van der Waals surface area (Å²) in [5.74, 6) is 2.25. The number of nitrogens with zero attached hydrogens (tertiary/aromatic N) is 5. The molecule has 1 fully saturated rings. The van der Waals surface area contributed by atoms with Crippen molar-refractivity contribution in [1.82, 2.24) is 24.9 Å². The second-order valence-electron chi connectivity index (χ2n) is 8.89. The molecule has 8 heteroatoms. The molecule has 0 aliphatic heterocycles. The van der Waals surface area contributed by atoms with Crippen LogP contribution in [0.5, 0.6) is 0 Å². The third-order valence-electron chi connectivity index (χ3n) is 6.63. The van der Waals surface area contributed by atoms with Gasteiger partial charge in [0.05, 0.1) is 30.3 Å². The quantitative estimate of drug-likeness (QED) is 0.433. The van der Waals surface area contributed by atoms with E-state index in [1.807, 2.05) is 24.0 Å². The molecule has 5 rings (SSSR count). The average Bonchev–Trinajstić information content (AvgIpc) is 3.38. The zero-order valence-corrected chi connectivity index (χ0v) is 19.2. The van der Waals surface area contributed by atoms with Gasteiger partial charge < -0.3 is 15.0 Å². The summed E-state index contributed by atoms with van der Waals surface area (Å²) in [6.07, 6.45) is 7.77. The number of nitrogens with two attached hydrogens (primary N) is 1. The molecule has 1 aliphatic carbocycles. The number of benzene rings is 1. The van der Waals surface area contributed by atoms with Crippen molar-refractivity contribution in [3.63, 3.8) is 0 Å². The highest BCUT2D eigenvalue weighted by molar-refractivity contribution is 5.66. The molecule has 1 aliphatic rings. The number of rotatable bonds is 8. The molecule has 0 bridgehead atoms. The number of ether oxygens (including phenoxy) is 1. The molecule has 1 aromatic carbocycles. The molecule has 1 unspecified atom stereocenters. The Balaban J connectivity index is 1.43. The first kappa shape index (κ1) is 21.3. The van der Waals surface area contributed by atoms with Gasteiger partial charge >= 0.3 is 0 Å². The lowest BCUT2D eigenvalue weighted by atomic mass is 9.76. The van der Waals surface area contributed by atoms with Gasteiger partial charge in [-0.15, -0.1) is 0 Å². The van der Waals surface area contributed by atoms with Gasteiger partial charge in [0.1, 0.15) is 5.82 Å². The lowest BCUT2D eigenvalue weighted by Crippen LogP contribution is -2.28. The highest BCUT2D eigenvalue weighted by Crippen LogP contribution is 2.50. The van der Waals surface area contributed by atoms with Crippen molar-refractivity contribution in [3.8, 4) is 22.6 Å². The van der Waals surface area contributed by atoms with E-state index in [1.54, 1.807) is 13.3 Å². The van der Waals surface area contributed by atoms with Gasteiger partial charge in [-0.05, 0) is 55.4 Å². The van der Waals surface area contributed by atoms with Crippen LogP contribution in [0.2, 0.25) is 0 Å². The number of aryl methyl sites for hydroxylation is 1. The van der Waals surface area contributed by atoms with E-state index in [2.05, 4.69) is 52.5 Å². The standard InChI is InChI=1S/C25H28N6O2/c1-16-12-18(13-27-22(16)26)17-4-6-20(7-5-17)25(2,21-8-9-21)24-29-23(33-30-24)19-14-28-31(15-19)10-11-32-3/h4-7,12-15,21H,8-11H2,1-3H3,(H2,26,27). The van der Waals surface area contributed by atoms with Crippen molar-refractivity contribution >= 4 is 5.82 Å². The molecular formula is C25H28N6O2. The van der Waals surface area contributed by atoms with E-state index in [-0.39, 0.29) is 5.41 Å².